The van der Waals surface area contributed by atoms with Crippen molar-refractivity contribution >= 4 is 35.0 Å². The smallest absolute Gasteiger partial charge is 0.347 e. The first-order chi connectivity index (χ1) is 5.59. The minimum absolute atomic E-state index is 0.222. The van der Waals surface area contributed by atoms with Gasteiger partial charge in [-0.1, -0.05) is 11.6 Å². The first kappa shape index (κ1) is 9.22. The summed E-state index contributed by atoms with van der Waals surface area (Å²) < 4.78 is 0. The predicted molar refractivity (Wildman–Crippen MR) is 48.3 cm³/mol. The van der Waals surface area contributed by atoms with Crippen molar-refractivity contribution in [2.24, 2.45) is 0 Å². The molecule has 0 aliphatic rings. The number of hydrogen-bond acceptors (Lipinski definition) is 3. The molecule has 0 atom stereocenters. The molecule has 64 valence electrons. The van der Waals surface area contributed by atoms with Gasteiger partial charge in [0.2, 0.25) is 0 Å². The van der Waals surface area contributed by atoms with Gasteiger partial charge in [0.25, 0.3) is 0 Å². The van der Waals surface area contributed by atoms with Gasteiger partial charge in [-0.25, -0.2) is 9.78 Å². The topological polar surface area (TPSA) is 50.2 Å². The Morgan fingerprint density at radius 3 is 2.92 bits per heavy atom. The number of aliphatic carboxylic acids is 1. The highest BCUT2D eigenvalue weighted by atomic mass is 35.5. The molecule has 0 aromatic carbocycles. The van der Waals surface area contributed by atoms with Crippen molar-refractivity contribution in [1.29, 1.82) is 0 Å². The third-order valence-corrected chi connectivity index (χ3v) is 2.18. The summed E-state index contributed by atoms with van der Waals surface area (Å²) in [5.41, 5.74) is 0.588. The van der Waals surface area contributed by atoms with E-state index in [4.69, 9.17) is 16.7 Å². The van der Waals surface area contributed by atoms with Crippen molar-refractivity contribution in [2.45, 2.75) is 6.92 Å². The average Bonchev–Trinajstić information content (AvgIpc) is 2.35. The van der Waals surface area contributed by atoms with E-state index in [0.29, 0.717) is 5.69 Å². The van der Waals surface area contributed by atoms with Gasteiger partial charge in [-0.3, -0.25) is 0 Å². The van der Waals surface area contributed by atoms with Crippen molar-refractivity contribution in [3.63, 3.8) is 0 Å². The maximum atomic E-state index is 10.3. The SMILES string of the molecule is Cc1nc(/C=C(\Cl)C(=O)O)cs1. The molecule has 1 aromatic rings. The maximum Gasteiger partial charge on any atom is 0.347 e. The lowest BCUT2D eigenvalue weighted by atomic mass is 10.4. The largest absolute Gasteiger partial charge is 0.477 e. The summed E-state index contributed by atoms with van der Waals surface area (Å²) in [6.07, 6.45) is 1.33. The lowest BCUT2D eigenvalue weighted by Crippen LogP contribution is -1.92. The molecule has 0 aliphatic heterocycles. The van der Waals surface area contributed by atoms with Crippen molar-refractivity contribution in [3.8, 4) is 0 Å². The van der Waals surface area contributed by atoms with Gasteiger partial charge in [0.1, 0.15) is 5.03 Å². The number of carboxylic acids is 1. The highest BCUT2D eigenvalue weighted by Crippen LogP contribution is 2.13. The van der Waals surface area contributed by atoms with Gasteiger partial charge >= 0.3 is 5.97 Å². The number of rotatable bonds is 2. The zero-order chi connectivity index (χ0) is 9.14. The minimum atomic E-state index is -1.14. The summed E-state index contributed by atoms with van der Waals surface area (Å²) in [6.45, 7) is 1.84. The number of halogens is 1. The van der Waals surface area contributed by atoms with Crippen molar-refractivity contribution in [1.82, 2.24) is 4.98 Å². The van der Waals surface area contributed by atoms with E-state index in [1.807, 2.05) is 6.92 Å². The van der Waals surface area contributed by atoms with Crippen molar-refractivity contribution < 1.29 is 9.90 Å². The monoisotopic (exact) mass is 203 g/mol. The second kappa shape index (κ2) is 3.69. The molecule has 0 saturated heterocycles. The first-order valence-corrected chi connectivity index (χ1v) is 4.38. The molecular weight excluding hydrogens is 198 g/mol. The minimum Gasteiger partial charge on any atom is -0.477 e. The Kier molecular flexibility index (Phi) is 2.83. The number of aryl methyl sites for hydroxylation is 1. The van der Waals surface area contributed by atoms with Gasteiger partial charge < -0.3 is 5.11 Å². The van der Waals surface area contributed by atoms with E-state index >= 15 is 0 Å². The molecule has 1 aromatic heterocycles. The zero-order valence-electron chi connectivity index (χ0n) is 6.24. The number of carbonyl (C=O) groups is 1. The Morgan fingerprint density at radius 1 is 1.83 bits per heavy atom. The molecule has 3 nitrogen and oxygen atoms in total. The van der Waals surface area contributed by atoms with Gasteiger partial charge in [-0.05, 0) is 13.0 Å². The Labute approximate surface area is 78.3 Å². The number of hydrogen-bond donors (Lipinski definition) is 1. The van der Waals surface area contributed by atoms with Crippen LogP contribution in [0.4, 0.5) is 0 Å². The molecule has 1 rings (SSSR count). The van der Waals surface area contributed by atoms with Crippen LogP contribution < -0.4 is 0 Å². The number of aromatic nitrogens is 1. The summed E-state index contributed by atoms with van der Waals surface area (Å²) in [5, 5.41) is 10.8. The van der Waals surface area contributed by atoms with E-state index < -0.39 is 5.97 Å². The molecule has 0 amide bonds. The normalized spacial score (nSPS) is 11.7. The van der Waals surface area contributed by atoms with E-state index in [1.165, 1.54) is 17.4 Å². The highest BCUT2D eigenvalue weighted by Gasteiger charge is 2.03. The summed E-state index contributed by atoms with van der Waals surface area (Å²) in [6, 6.07) is 0. The number of thiazole rings is 1. The molecule has 0 unspecified atom stereocenters. The van der Waals surface area contributed by atoms with Crippen LogP contribution in [0.25, 0.3) is 6.08 Å². The summed E-state index contributed by atoms with van der Waals surface area (Å²) in [5.74, 6) is -1.14. The molecule has 0 saturated carbocycles. The fraction of sp³-hybridized carbons (Fsp3) is 0.143. The third kappa shape index (κ3) is 2.32. The van der Waals surface area contributed by atoms with E-state index in [-0.39, 0.29) is 5.03 Å². The lowest BCUT2D eigenvalue weighted by Gasteiger charge is -1.86. The molecule has 1 N–H and O–H groups in total. The first-order valence-electron chi connectivity index (χ1n) is 3.12. The fourth-order valence-corrected chi connectivity index (χ4v) is 1.32. The van der Waals surface area contributed by atoms with Crippen LogP contribution >= 0.6 is 22.9 Å². The summed E-state index contributed by atoms with van der Waals surface area (Å²) in [7, 11) is 0. The fourth-order valence-electron chi connectivity index (χ4n) is 0.638. The van der Waals surface area contributed by atoms with E-state index in [9.17, 15) is 4.79 Å². The number of carboxylic acid groups (broad SMARTS) is 1. The lowest BCUT2D eigenvalue weighted by molar-refractivity contribution is -0.131. The summed E-state index contributed by atoms with van der Waals surface area (Å²) >= 11 is 6.84. The van der Waals surface area contributed by atoms with Crippen LogP contribution in [-0.4, -0.2) is 16.1 Å². The molecule has 1 heterocycles. The van der Waals surface area contributed by atoms with Gasteiger partial charge in [0, 0.05) is 5.38 Å². The predicted octanol–water partition coefficient (Wildman–Crippen LogP) is 2.12. The number of nitrogens with zero attached hydrogens (tertiary/aromatic N) is 1. The quantitative estimate of drug-likeness (QED) is 0.749. The average molecular weight is 204 g/mol. The van der Waals surface area contributed by atoms with Crippen molar-refractivity contribution in [3.05, 3.63) is 21.1 Å². The second-order valence-corrected chi connectivity index (χ2v) is 3.56. The van der Waals surface area contributed by atoms with Gasteiger partial charge in [0.05, 0.1) is 10.7 Å². The van der Waals surface area contributed by atoms with E-state index in [1.54, 1.807) is 5.38 Å². The van der Waals surface area contributed by atoms with Gasteiger partial charge in [0.15, 0.2) is 0 Å². The van der Waals surface area contributed by atoms with Crippen LogP contribution in [0.15, 0.2) is 10.4 Å². The molecule has 5 heteroatoms. The molecule has 0 bridgehead atoms. The Bertz CT molecular complexity index is 332. The molecule has 0 spiro atoms. The van der Waals surface area contributed by atoms with E-state index in [0.717, 1.165) is 5.01 Å². The van der Waals surface area contributed by atoms with Crippen LogP contribution in [0.2, 0.25) is 0 Å². The van der Waals surface area contributed by atoms with Crippen LogP contribution in [-0.2, 0) is 4.79 Å². The van der Waals surface area contributed by atoms with E-state index in [2.05, 4.69) is 4.98 Å². The Balaban J connectivity index is 2.87. The second-order valence-electron chi connectivity index (χ2n) is 2.09. The summed E-state index contributed by atoms with van der Waals surface area (Å²) in [4.78, 5) is 14.3. The van der Waals surface area contributed by atoms with Crippen LogP contribution in [0, 0.1) is 6.92 Å². The van der Waals surface area contributed by atoms with Crippen molar-refractivity contribution in [2.75, 3.05) is 0 Å². The van der Waals surface area contributed by atoms with Gasteiger partial charge in [-0.2, -0.15) is 0 Å². The Hall–Kier alpha value is -0.870. The molecule has 12 heavy (non-hydrogen) atoms. The molecule has 0 radical (unpaired) electrons. The zero-order valence-corrected chi connectivity index (χ0v) is 7.82. The maximum absolute atomic E-state index is 10.3. The molecule has 0 aliphatic carbocycles. The standard InChI is InChI=1S/C7H6ClNO2S/c1-4-9-5(3-12-4)2-6(8)7(10)11/h2-3H,1H3,(H,10,11)/b6-2-. The Morgan fingerprint density at radius 2 is 2.50 bits per heavy atom. The molecule has 0 fully saturated rings. The van der Waals surface area contributed by atoms with Crippen LogP contribution in [0.1, 0.15) is 10.7 Å². The van der Waals surface area contributed by atoms with Crippen LogP contribution in [0.3, 0.4) is 0 Å². The van der Waals surface area contributed by atoms with Gasteiger partial charge in [-0.15, -0.1) is 11.3 Å². The highest BCUT2D eigenvalue weighted by molar-refractivity contribution is 7.09. The molecular formula is C7H6ClNO2S. The third-order valence-electron chi connectivity index (χ3n) is 1.12. The van der Waals surface area contributed by atoms with Crippen LogP contribution in [0.5, 0.6) is 0 Å².